The van der Waals surface area contributed by atoms with Gasteiger partial charge >= 0.3 is 0 Å². The number of benzene rings is 1. The molecule has 3 aromatic rings. The molecule has 0 saturated carbocycles. The van der Waals surface area contributed by atoms with Crippen molar-refractivity contribution in [3.8, 4) is 11.3 Å². The molecule has 5 heteroatoms. The summed E-state index contributed by atoms with van der Waals surface area (Å²) in [6.45, 7) is 1.21. The van der Waals surface area contributed by atoms with Gasteiger partial charge < -0.3 is 5.73 Å². The Labute approximate surface area is 115 Å². The molecule has 2 N–H and O–H groups in total. The van der Waals surface area contributed by atoms with Gasteiger partial charge in [0.15, 0.2) is 0 Å². The third kappa shape index (κ3) is 2.09. The van der Waals surface area contributed by atoms with Crippen LogP contribution in [0.4, 0.5) is 0 Å². The van der Waals surface area contributed by atoms with Gasteiger partial charge in [-0.25, -0.2) is 0 Å². The Hall–Kier alpha value is -1.91. The third-order valence-electron chi connectivity index (χ3n) is 3.02. The van der Waals surface area contributed by atoms with Crippen LogP contribution >= 0.6 is 11.6 Å². The molecule has 0 amide bonds. The van der Waals surface area contributed by atoms with Gasteiger partial charge in [0.05, 0.1) is 17.1 Å². The Kier molecular flexibility index (Phi) is 3.19. The van der Waals surface area contributed by atoms with Crippen molar-refractivity contribution >= 4 is 22.5 Å². The van der Waals surface area contributed by atoms with Crippen molar-refractivity contribution in [2.45, 2.75) is 6.54 Å². The predicted molar refractivity (Wildman–Crippen MR) is 77.0 cm³/mol. The van der Waals surface area contributed by atoms with Gasteiger partial charge in [0.2, 0.25) is 0 Å². The van der Waals surface area contributed by atoms with E-state index in [2.05, 4.69) is 10.1 Å². The van der Waals surface area contributed by atoms with Gasteiger partial charge in [0.25, 0.3) is 0 Å². The first-order chi connectivity index (χ1) is 9.31. The van der Waals surface area contributed by atoms with E-state index in [1.54, 1.807) is 6.20 Å². The van der Waals surface area contributed by atoms with Crippen molar-refractivity contribution in [2.75, 3.05) is 6.54 Å². The minimum absolute atomic E-state index is 0.543. The molecule has 0 atom stereocenters. The molecule has 19 heavy (non-hydrogen) atoms. The van der Waals surface area contributed by atoms with Gasteiger partial charge in [-0.05, 0) is 12.1 Å². The van der Waals surface area contributed by atoms with E-state index in [9.17, 15) is 0 Å². The second kappa shape index (κ2) is 4.99. The van der Waals surface area contributed by atoms with Gasteiger partial charge in [-0.2, -0.15) is 5.10 Å². The molecule has 0 spiro atoms. The smallest absolute Gasteiger partial charge is 0.103 e. The van der Waals surface area contributed by atoms with Gasteiger partial charge in [0.1, 0.15) is 5.69 Å². The number of rotatable bonds is 3. The highest BCUT2D eigenvalue weighted by Gasteiger charge is 2.13. The first-order valence-corrected chi connectivity index (χ1v) is 6.44. The van der Waals surface area contributed by atoms with E-state index in [0.29, 0.717) is 18.1 Å². The molecule has 3 rings (SSSR count). The number of hydrogen-bond acceptors (Lipinski definition) is 3. The Bertz CT molecular complexity index is 720. The minimum atomic E-state index is 0.543. The Balaban J connectivity index is 2.27. The molecule has 0 aliphatic heterocycles. The van der Waals surface area contributed by atoms with Crippen molar-refractivity contribution < 1.29 is 0 Å². The van der Waals surface area contributed by atoms with E-state index in [-0.39, 0.29) is 0 Å². The second-order valence-corrected chi connectivity index (χ2v) is 4.64. The van der Waals surface area contributed by atoms with Crippen LogP contribution in [0.15, 0.2) is 42.7 Å². The summed E-state index contributed by atoms with van der Waals surface area (Å²) < 4.78 is 1.90. The summed E-state index contributed by atoms with van der Waals surface area (Å²) in [6, 6.07) is 9.62. The average molecular weight is 273 g/mol. The maximum absolute atomic E-state index is 6.25. The zero-order chi connectivity index (χ0) is 13.2. The number of hydrogen-bond donors (Lipinski definition) is 1. The molecule has 1 aromatic carbocycles. The molecule has 0 unspecified atom stereocenters. The van der Waals surface area contributed by atoms with Crippen LogP contribution in [0.2, 0.25) is 5.02 Å². The maximum atomic E-state index is 6.25. The SMILES string of the molecule is NCCn1nc(-c2ccccc2Cl)c2cnccc21. The summed E-state index contributed by atoms with van der Waals surface area (Å²) in [5.41, 5.74) is 8.41. The molecule has 0 fully saturated rings. The fourth-order valence-corrected chi connectivity index (χ4v) is 2.39. The fraction of sp³-hybridized carbons (Fsp3) is 0.143. The summed E-state index contributed by atoms with van der Waals surface area (Å²) in [5.74, 6) is 0. The molecule has 4 nitrogen and oxygen atoms in total. The standard InChI is InChI=1S/C14H13ClN4/c15-12-4-2-1-3-10(12)14-11-9-17-7-5-13(11)19(18-14)8-6-16/h1-5,7,9H,6,8,16H2. The number of nitrogens with two attached hydrogens (primary N) is 1. The molecule has 96 valence electrons. The quantitative estimate of drug-likeness (QED) is 0.798. The molecule has 2 aromatic heterocycles. The van der Waals surface area contributed by atoms with Gasteiger partial charge in [0, 0.05) is 29.9 Å². The van der Waals surface area contributed by atoms with E-state index < -0.39 is 0 Å². The van der Waals surface area contributed by atoms with Gasteiger partial charge in [-0.1, -0.05) is 29.8 Å². The van der Waals surface area contributed by atoms with E-state index in [1.807, 2.05) is 41.2 Å². The molecule has 0 bridgehead atoms. The normalized spacial score (nSPS) is 11.1. The Morgan fingerprint density at radius 3 is 2.84 bits per heavy atom. The highest BCUT2D eigenvalue weighted by molar-refractivity contribution is 6.33. The van der Waals surface area contributed by atoms with Gasteiger partial charge in [-0.3, -0.25) is 9.67 Å². The largest absolute Gasteiger partial charge is 0.329 e. The second-order valence-electron chi connectivity index (χ2n) is 4.23. The summed E-state index contributed by atoms with van der Waals surface area (Å²) in [5, 5.41) is 6.30. The highest BCUT2D eigenvalue weighted by Crippen LogP contribution is 2.32. The number of fused-ring (bicyclic) bond motifs is 1. The zero-order valence-electron chi connectivity index (χ0n) is 10.3. The minimum Gasteiger partial charge on any atom is -0.329 e. The van der Waals surface area contributed by atoms with E-state index >= 15 is 0 Å². The number of nitrogens with zero attached hydrogens (tertiary/aromatic N) is 3. The first-order valence-electron chi connectivity index (χ1n) is 6.07. The van der Waals surface area contributed by atoms with Crippen LogP contribution in [-0.4, -0.2) is 21.3 Å². The van der Waals surface area contributed by atoms with Crippen molar-refractivity contribution in [1.29, 1.82) is 0 Å². The van der Waals surface area contributed by atoms with Gasteiger partial charge in [-0.15, -0.1) is 0 Å². The van der Waals surface area contributed by atoms with Crippen molar-refractivity contribution in [3.63, 3.8) is 0 Å². The first kappa shape index (κ1) is 12.1. The number of aromatic nitrogens is 3. The topological polar surface area (TPSA) is 56.7 Å². The number of halogens is 1. The third-order valence-corrected chi connectivity index (χ3v) is 3.35. The lowest BCUT2D eigenvalue weighted by molar-refractivity contribution is 0.648. The maximum Gasteiger partial charge on any atom is 0.103 e. The summed E-state index contributed by atoms with van der Waals surface area (Å²) >= 11 is 6.25. The van der Waals surface area contributed by atoms with Crippen molar-refractivity contribution in [2.24, 2.45) is 5.73 Å². The Morgan fingerprint density at radius 1 is 1.21 bits per heavy atom. The summed E-state index contributed by atoms with van der Waals surface area (Å²) in [4.78, 5) is 4.17. The molecule has 2 heterocycles. The lowest BCUT2D eigenvalue weighted by atomic mass is 10.1. The molecule has 0 radical (unpaired) electrons. The lowest BCUT2D eigenvalue weighted by Gasteiger charge is -2.00. The van der Waals surface area contributed by atoms with Crippen LogP contribution in [-0.2, 0) is 6.54 Å². The van der Waals surface area contributed by atoms with Crippen molar-refractivity contribution in [1.82, 2.24) is 14.8 Å². The molecular weight excluding hydrogens is 260 g/mol. The fourth-order valence-electron chi connectivity index (χ4n) is 2.17. The highest BCUT2D eigenvalue weighted by atomic mass is 35.5. The van der Waals surface area contributed by atoms with Crippen molar-refractivity contribution in [3.05, 3.63) is 47.7 Å². The zero-order valence-corrected chi connectivity index (χ0v) is 11.0. The van der Waals surface area contributed by atoms with E-state index in [0.717, 1.165) is 22.2 Å². The average Bonchev–Trinajstić information content (AvgIpc) is 2.79. The monoisotopic (exact) mass is 272 g/mol. The van der Waals surface area contributed by atoms with Crippen LogP contribution in [0, 0.1) is 0 Å². The number of pyridine rings is 1. The van der Waals surface area contributed by atoms with Crippen LogP contribution in [0.1, 0.15) is 0 Å². The van der Waals surface area contributed by atoms with Crippen LogP contribution in [0.3, 0.4) is 0 Å². The van der Waals surface area contributed by atoms with Crippen LogP contribution in [0.5, 0.6) is 0 Å². The molecular formula is C14H13ClN4. The van der Waals surface area contributed by atoms with Crippen LogP contribution in [0.25, 0.3) is 22.2 Å². The molecule has 0 saturated heterocycles. The van der Waals surface area contributed by atoms with E-state index in [1.165, 1.54) is 0 Å². The summed E-state index contributed by atoms with van der Waals surface area (Å²) in [6.07, 6.45) is 3.57. The summed E-state index contributed by atoms with van der Waals surface area (Å²) in [7, 11) is 0. The Morgan fingerprint density at radius 2 is 2.05 bits per heavy atom. The molecule has 0 aliphatic carbocycles. The lowest BCUT2D eigenvalue weighted by Crippen LogP contribution is -2.10. The molecule has 0 aliphatic rings. The van der Waals surface area contributed by atoms with E-state index in [4.69, 9.17) is 17.3 Å². The van der Waals surface area contributed by atoms with Crippen LogP contribution < -0.4 is 5.73 Å². The predicted octanol–water partition coefficient (Wildman–Crippen LogP) is 2.71.